The highest BCUT2D eigenvalue weighted by atomic mass is 79.9. The first-order valence-corrected chi connectivity index (χ1v) is 9.51. The van der Waals surface area contributed by atoms with E-state index in [0.717, 1.165) is 23.2 Å². The Morgan fingerprint density at radius 1 is 1.15 bits per heavy atom. The number of fused-ring (bicyclic) bond motifs is 1. The highest BCUT2D eigenvalue weighted by molar-refractivity contribution is 9.10. The van der Waals surface area contributed by atoms with Gasteiger partial charge in [0.05, 0.1) is 11.3 Å². The highest BCUT2D eigenvalue weighted by Crippen LogP contribution is 2.16. The molecular formula is C20H20BrN3O3. The van der Waals surface area contributed by atoms with Crippen molar-refractivity contribution in [2.45, 2.75) is 20.5 Å². The van der Waals surface area contributed by atoms with Crippen LogP contribution in [0.1, 0.15) is 29.9 Å². The van der Waals surface area contributed by atoms with E-state index in [9.17, 15) is 9.59 Å². The van der Waals surface area contributed by atoms with Gasteiger partial charge < -0.3 is 9.64 Å². The molecule has 0 radical (unpaired) electrons. The number of ether oxygens (including phenoxy) is 1. The van der Waals surface area contributed by atoms with Crippen LogP contribution in [-0.4, -0.2) is 28.4 Å². The Labute approximate surface area is 165 Å². The quantitative estimate of drug-likeness (QED) is 0.559. The average Bonchev–Trinajstić information content (AvgIpc) is 2.68. The van der Waals surface area contributed by atoms with Gasteiger partial charge in [0.15, 0.2) is 0 Å². The summed E-state index contributed by atoms with van der Waals surface area (Å²) in [7, 11) is 0. The van der Waals surface area contributed by atoms with Gasteiger partial charge in [0.1, 0.15) is 12.3 Å². The van der Waals surface area contributed by atoms with Crippen molar-refractivity contribution in [3.05, 3.63) is 74.7 Å². The Morgan fingerprint density at radius 2 is 1.85 bits per heavy atom. The predicted molar refractivity (Wildman–Crippen MR) is 108 cm³/mol. The van der Waals surface area contributed by atoms with Crippen molar-refractivity contribution in [1.82, 2.24) is 9.38 Å². The van der Waals surface area contributed by atoms with E-state index in [2.05, 4.69) is 39.7 Å². The third-order valence-corrected chi connectivity index (χ3v) is 4.73. The number of rotatable bonds is 6. The van der Waals surface area contributed by atoms with Crippen LogP contribution in [0.3, 0.4) is 0 Å². The molecule has 0 bridgehead atoms. The molecule has 0 aliphatic rings. The maximum atomic E-state index is 12.3. The molecule has 0 saturated carbocycles. The lowest BCUT2D eigenvalue weighted by atomic mass is 10.2. The van der Waals surface area contributed by atoms with E-state index in [1.54, 1.807) is 30.5 Å². The molecule has 0 fully saturated rings. The summed E-state index contributed by atoms with van der Waals surface area (Å²) in [6.45, 7) is 5.92. The second kappa shape index (κ2) is 8.35. The van der Waals surface area contributed by atoms with Crippen LogP contribution in [0.4, 0.5) is 5.69 Å². The molecule has 2 aromatic heterocycles. The highest BCUT2D eigenvalue weighted by Gasteiger charge is 2.10. The van der Waals surface area contributed by atoms with Crippen LogP contribution < -0.4 is 10.5 Å². The molecular weight excluding hydrogens is 410 g/mol. The molecule has 2 heterocycles. The minimum absolute atomic E-state index is 0.0571. The molecule has 6 nitrogen and oxygen atoms in total. The lowest BCUT2D eigenvalue weighted by Crippen LogP contribution is -2.21. The fourth-order valence-corrected chi connectivity index (χ4v) is 3.16. The summed E-state index contributed by atoms with van der Waals surface area (Å²) in [5.41, 5.74) is 2.21. The number of carbonyl (C=O) groups is 1. The Hall–Kier alpha value is -2.67. The molecule has 0 aliphatic carbocycles. The fourth-order valence-electron chi connectivity index (χ4n) is 2.82. The molecule has 7 heteroatoms. The molecule has 0 atom stereocenters. The van der Waals surface area contributed by atoms with Crippen molar-refractivity contribution in [3.8, 4) is 0 Å². The third-order valence-electron chi connectivity index (χ3n) is 4.26. The van der Waals surface area contributed by atoms with Crippen molar-refractivity contribution < 1.29 is 9.53 Å². The van der Waals surface area contributed by atoms with Crippen LogP contribution in [0.2, 0.25) is 0 Å². The van der Waals surface area contributed by atoms with Crippen molar-refractivity contribution in [3.63, 3.8) is 0 Å². The largest absolute Gasteiger partial charge is 0.456 e. The number of esters is 1. The zero-order valence-electron chi connectivity index (χ0n) is 15.2. The van der Waals surface area contributed by atoms with E-state index in [1.165, 1.54) is 10.5 Å². The van der Waals surface area contributed by atoms with Gasteiger partial charge in [-0.1, -0.05) is 0 Å². The summed E-state index contributed by atoms with van der Waals surface area (Å²) in [5.74, 6) is -0.445. The molecule has 27 heavy (non-hydrogen) atoms. The van der Waals surface area contributed by atoms with Gasteiger partial charge in [-0.3, -0.25) is 9.20 Å². The van der Waals surface area contributed by atoms with Crippen LogP contribution in [-0.2, 0) is 11.3 Å². The van der Waals surface area contributed by atoms with Crippen LogP contribution in [0.25, 0.3) is 5.65 Å². The number of aromatic nitrogens is 2. The molecule has 140 valence electrons. The first kappa shape index (κ1) is 19.1. The van der Waals surface area contributed by atoms with Gasteiger partial charge >= 0.3 is 5.97 Å². The van der Waals surface area contributed by atoms with Gasteiger partial charge in [-0.15, -0.1) is 0 Å². The average molecular weight is 430 g/mol. The van der Waals surface area contributed by atoms with E-state index in [0.29, 0.717) is 16.9 Å². The lowest BCUT2D eigenvalue weighted by Gasteiger charge is -2.20. The summed E-state index contributed by atoms with van der Waals surface area (Å²) < 4.78 is 7.54. The molecule has 0 aliphatic heterocycles. The minimum atomic E-state index is -0.445. The van der Waals surface area contributed by atoms with Gasteiger partial charge in [-0.05, 0) is 66.2 Å². The Kier molecular flexibility index (Phi) is 5.91. The number of benzene rings is 1. The molecule has 0 N–H and O–H groups in total. The van der Waals surface area contributed by atoms with E-state index in [1.807, 2.05) is 12.1 Å². The molecule has 3 rings (SSSR count). The number of nitrogens with zero attached hydrogens (tertiary/aromatic N) is 3. The number of halogens is 1. The summed E-state index contributed by atoms with van der Waals surface area (Å²) in [5, 5.41) is 0. The van der Waals surface area contributed by atoms with Gasteiger partial charge in [0.25, 0.3) is 5.56 Å². The first-order valence-electron chi connectivity index (χ1n) is 8.71. The Morgan fingerprint density at radius 3 is 2.52 bits per heavy atom. The Bertz CT molecular complexity index is 1010. The van der Waals surface area contributed by atoms with E-state index >= 15 is 0 Å². The van der Waals surface area contributed by atoms with Crippen molar-refractivity contribution in [2.75, 3.05) is 18.0 Å². The zero-order chi connectivity index (χ0) is 19.4. The number of hydrogen-bond donors (Lipinski definition) is 0. The SMILES string of the molecule is CCN(CC)c1ccc(C(=O)OCc2cc(=O)n3cc(Br)ccc3n2)cc1. The third kappa shape index (κ3) is 4.36. The van der Waals surface area contributed by atoms with Crippen LogP contribution in [0.5, 0.6) is 0 Å². The maximum absolute atomic E-state index is 12.3. The smallest absolute Gasteiger partial charge is 0.338 e. The topological polar surface area (TPSA) is 63.9 Å². The predicted octanol–water partition coefficient (Wildman–Crippen LogP) is 3.66. The summed E-state index contributed by atoms with van der Waals surface area (Å²) in [4.78, 5) is 31.0. The van der Waals surface area contributed by atoms with E-state index in [4.69, 9.17) is 4.74 Å². The van der Waals surface area contributed by atoms with Gasteiger partial charge in [0, 0.05) is 35.5 Å². The minimum Gasteiger partial charge on any atom is -0.456 e. The van der Waals surface area contributed by atoms with Gasteiger partial charge in [-0.2, -0.15) is 0 Å². The second-order valence-corrected chi connectivity index (χ2v) is 6.87. The van der Waals surface area contributed by atoms with Crippen molar-refractivity contribution >= 4 is 33.2 Å². The fraction of sp³-hybridized carbons (Fsp3) is 0.250. The summed E-state index contributed by atoms with van der Waals surface area (Å²) in [6.07, 6.45) is 1.65. The zero-order valence-corrected chi connectivity index (χ0v) is 16.8. The number of hydrogen-bond acceptors (Lipinski definition) is 5. The molecule has 0 saturated heterocycles. The lowest BCUT2D eigenvalue weighted by molar-refractivity contribution is 0.0467. The van der Waals surface area contributed by atoms with Crippen LogP contribution in [0, 0.1) is 0 Å². The molecule has 1 aromatic carbocycles. The van der Waals surface area contributed by atoms with Gasteiger partial charge in [-0.25, -0.2) is 9.78 Å². The van der Waals surface area contributed by atoms with E-state index < -0.39 is 5.97 Å². The molecule has 0 amide bonds. The van der Waals surface area contributed by atoms with Gasteiger partial charge in [0.2, 0.25) is 0 Å². The van der Waals surface area contributed by atoms with Crippen molar-refractivity contribution in [1.29, 1.82) is 0 Å². The second-order valence-electron chi connectivity index (χ2n) is 5.96. The van der Waals surface area contributed by atoms with Crippen LogP contribution >= 0.6 is 15.9 Å². The Balaban J connectivity index is 1.71. The number of pyridine rings is 1. The first-order chi connectivity index (χ1) is 13.0. The maximum Gasteiger partial charge on any atom is 0.338 e. The van der Waals surface area contributed by atoms with Crippen LogP contribution in [0.15, 0.2) is 57.9 Å². The van der Waals surface area contributed by atoms with Crippen molar-refractivity contribution in [2.24, 2.45) is 0 Å². The van der Waals surface area contributed by atoms with E-state index in [-0.39, 0.29) is 12.2 Å². The number of anilines is 1. The number of carbonyl (C=O) groups excluding carboxylic acids is 1. The molecule has 0 spiro atoms. The molecule has 3 aromatic rings. The summed E-state index contributed by atoms with van der Waals surface area (Å²) >= 11 is 3.32. The molecule has 0 unspecified atom stereocenters. The normalized spacial score (nSPS) is 10.8. The summed E-state index contributed by atoms with van der Waals surface area (Å²) in [6, 6.07) is 12.2. The monoisotopic (exact) mass is 429 g/mol. The standard InChI is InChI=1S/C20H20BrN3O3/c1-3-23(4-2)17-8-5-14(6-9-17)20(26)27-13-16-11-19(25)24-12-15(21)7-10-18(24)22-16/h5-12H,3-4,13H2,1-2H3.